The van der Waals surface area contributed by atoms with Gasteiger partial charge in [-0.25, -0.2) is 9.78 Å². The molecule has 1 aromatic heterocycles. The lowest BCUT2D eigenvalue weighted by Crippen LogP contribution is -2.14. The van der Waals surface area contributed by atoms with Crippen molar-refractivity contribution in [3.05, 3.63) is 24.1 Å². The van der Waals surface area contributed by atoms with Crippen LogP contribution in [0.25, 0.3) is 0 Å². The zero-order chi connectivity index (χ0) is 9.68. The second kappa shape index (κ2) is 4.39. The highest BCUT2D eigenvalue weighted by Gasteiger charge is 2.02. The molecule has 0 aromatic carbocycles. The van der Waals surface area contributed by atoms with E-state index in [0.29, 0.717) is 0 Å². The summed E-state index contributed by atoms with van der Waals surface area (Å²) in [6.45, 7) is 1.94. The molecule has 0 aliphatic heterocycles. The van der Waals surface area contributed by atoms with Crippen LogP contribution in [0, 0.1) is 5.95 Å². The third-order valence-corrected chi connectivity index (χ3v) is 1.22. The molecular weight excluding hydrogens is 175 g/mol. The van der Waals surface area contributed by atoms with Gasteiger partial charge < -0.3 is 4.74 Å². The van der Waals surface area contributed by atoms with Crippen molar-refractivity contribution in [3.63, 3.8) is 0 Å². The Morgan fingerprint density at radius 3 is 3.08 bits per heavy atom. The first-order chi connectivity index (χ1) is 6.22. The Morgan fingerprint density at radius 1 is 1.69 bits per heavy atom. The van der Waals surface area contributed by atoms with Crippen molar-refractivity contribution in [2.75, 3.05) is 11.9 Å². The van der Waals surface area contributed by atoms with Crippen molar-refractivity contribution in [2.45, 2.75) is 6.92 Å². The van der Waals surface area contributed by atoms with Crippen molar-refractivity contribution in [1.82, 2.24) is 4.98 Å². The van der Waals surface area contributed by atoms with Crippen molar-refractivity contribution in [1.29, 1.82) is 0 Å². The number of nitrogens with one attached hydrogen (secondary N) is 1. The Kier molecular flexibility index (Phi) is 3.19. The number of hydrogen-bond acceptors (Lipinski definition) is 3. The fraction of sp³-hybridized carbons (Fsp3) is 0.250. The number of carbonyl (C=O) groups excluding carboxylic acids is 1. The van der Waals surface area contributed by atoms with Gasteiger partial charge in [0.1, 0.15) is 5.82 Å². The molecular formula is C8H9FN2O2. The van der Waals surface area contributed by atoms with E-state index in [9.17, 15) is 9.18 Å². The molecule has 1 heterocycles. The number of nitrogens with zero attached hydrogens (tertiary/aromatic N) is 1. The molecule has 5 heteroatoms. The minimum absolute atomic E-state index is 0.137. The lowest BCUT2D eigenvalue weighted by atomic mass is 10.4. The van der Waals surface area contributed by atoms with Crippen LogP contribution in [0.5, 0.6) is 0 Å². The summed E-state index contributed by atoms with van der Waals surface area (Å²) in [6, 6.07) is 4.11. The number of halogens is 1. The average Bonchev–Trinajstić information content (AvgIpc) is 2.04. The molecule has 70 valence electrons. The van der Waals surface area contributed by atoms with E-state index in [2.05, 4.69) is 15.0 Å². The summed E-state index contributed by atoms with van der Waals surface area (Å²) in [5.41, 5.74) is 0. The van der Waals surface area contributed by atoms with Crippen molar-refractivity contribution >= 4 is 11.9 Å². The molecule has 4 nitrogen and oxygen atoms in total. The summed E-state index contributed by atoms with van der Waals surface area (Å²) in [5, 5.41) is 2.27. The molecule has 1 amide bonds. The van der Waals surface area contributed by atoms with E-state index >= 15 is 0 Å². The number of carbonyl (C=O) groups is 1. The molecule has 0 aliphatic carbocycles. The molecule has 1 rings (SSSR count). The van der Waals surface area contributed by atoms with Crippen LogP contribution in [0.15, 0.2) is 18.2 Å². The summed E-state index contributed by atoms with van der Waals surface area (Å²) in [6.07, 6.45) is -0.638. The number of ether oxygens (including phenoxy) is 1. The molecule has 0 spiro atoms. The average molecular weight is 184 g/mol. The highest BCUT2D eigenvalue weighted by molar-refractivity contribution is 5.83. The van der Waals surface area contributed by atoms with Gasteiger partial charge in [-0.15, -0.1) is 0 Å². The van der Waals surface area contributed by atoms with Crippen molar-refractivity contribution in [2.24, 2.45) is 0 Å². The third kappa shape index (κ3) is 3.06. The predicted octanol–water partition coefficient (Wildman–Crippen LogP) is 1.79. The van der Waals surface area contributed by atoms with Crippen LogP contribution in [-0.4, -0.2) is 17.7 Å². The highest BCUT2D eigenvalue weighted by Crippen LogP contribution is 2.03. The van der Waals surface area contributed by atoms with Crippen LogP contribution < -0.4 is 5.32 Å². The highest BCUT2D eigenvalue weighted by atomic mass is 19.1. The second-order valence-electron chi connectivity index (χ2n) is 2.19. The van der Waals surface area contributed by atoms with Gasteiger partial charge in [-0.3, -0.25) is 5.32 Å². The number of pyridine rings is 1. The normalized spacial score (nSPS) is 9.38. The van der Waals surface area contributed by atoms with Crippen LogP contribution in [-0.2, 0) is 4.74 Å². The van der Waals surface area contributed by atoms with Gasteiger partial charge in [0.2, 0.25) is 5.95 Å². The van der Waals surface area contributed by atoms with Gasteiger partial charge in [0.05, 0.1) is 6.61 Å². The van der Waals surface area contributed by atoms with E-state index in [-0.39, 0.29) is 12.4 Å². The molecule has 0 fully saturated rings. The Hall–Kier alpha value is -1.65. The van der Waals surface area contributed by atoms with Gasteiger partial charge in [-0.2, -0.15) is 4.39 Å². The van der Waals surface area contributed by atoms with E-state index in [1.54, 1.807) is 6.92 Å². The predicted molar refractivity (Wildman–Crippen MR) is 44.8 cm³/mol. The molecule has 0 bridgehead atoms. The summed E-state index contributed by atoms with van der Waals surface area (Å²) in [5.74, 6) is -0.507. The van der Waals surface area contributed by atoms with E-state index in [4.69, 9.17) is 0 Å². The van der Waals surface area contributed by atoms with Crippen LogP contribution >= 0.6 is 0 Å². The lowest BCUT2D eigenvalue weighted by molar-refractivity contribution is 0.168. The molecule has 0 saturated heterocycles. The zero-order valence-corrected chi connectivity index (χ0v) is 7.08. The van der Waals surface area contributed by atoms with E-state index < -0.39 is 12.0 Å². The Bertz CT molecular complexity index is 304. The third-order valence-electron chi connectivity index (χ3n) is 1.22. The van der Waals surface area contributed by atoms with Crippen LogP contribution in [0.2, 0.25) is 0 Å². The zero-order valence-electron chi connectivity index (χ0n) is 7.08. The minimum atomic E-state index is -0.644. The number of rotatable bonds is 2. The maximum atomic E-state index is 12.5. The molecule has 1 N–H and O–H groups in total. The maximum Gasteiger partial charge on any atom is 0.412 e. The first kappa shape index (κ1) is 9.44. The standard InChI is InChI=1S/C8H9FN2O2/c1-2-13-8(12)11-7-5-3-4-6(9)10-7/h3-5H,2H2,1H3,(H,10,11,12). The van der Waals surface area contributed by atoms with E-state index in [0.717, 1.165) is 0 Å². The molecule has 1 aromatic rings. The molecule has 0 atom stereocenters. The van der Waals surface area contributed by atoms with Gasteiger partial charge >= 0.3 is 6.09 Å². The number of aromatic nitrogens is 1. The largest absolute Gasteiger partial charge is 0.450 e. The molecule has 13 heavy (non-hydrogen) atoms. The van der Waals surface area contributed by atoms with Crippen LogP contribution in [0.3, 0.4) is 0 Å². The van der Waals surface area contributed by atoms with Gasteiger partial charge in [-0.1, -0.05) is 6.07 Å². The molecule has 0 unspecified atom stereocenters. The number of amides is 1. The molecule has 0 radical (unpaired) electrons. The number of hydrogen-bond donors (Lipinski definition) is 1. The summed E-state index contributed by atoms with van der Waals surface area (Å²) >= 11 is 0. The van der Waals surface area contributed by atoms with Gasteiger partial charge in [0.15, 0.2) is 0 Å². The Morgan fingerprint density at radius 2 is 2.46 bits per heavy atom. The second-order valence-corrected chi connectivity index (χ2v) is 2.19. The fourth-order valence-electron chi connectivity index (χ4n) is 0.750. The Labute approximate surface area is 74.7 Å². The van der Waals surface area contributed by atoms with Crippen molar-refractivity contribution < 1.29 is 13.9 Å². The van der Waals surface area contributed by atoms with Gasteiger partial charge in [0.25, 0.3) is 0 Å². The van der Waals surface area contributed by atoms with Gasteiger partial charge in [0, 0.05) is 0 Å². The maximum absolute atomic E-state index is 12.5. The first-order valence-electron chi connectivity index (χ1n) is 3.78. The molecule has 0 saturated carbocycles. The fourth-order valence-corrected chi connectivity index (χ4v) is 0.750. The minimum Gasteiger partial charge on any atom is -0.450 e. The van der Waals surface area contributed by atoms with Crippen molar-refractivity contribution in [3.8, 4) is 0 Å². The topological polar surface area (TPSA) is 51.2 Å². The summed E-state index contributed by atoms with van der Waals surface area (Å²) in [7, 11) is 0. The quantitative estimate of drug-likeness (QED) is 0.713. The van der Waals surface area contributed by atoms with E-state index in [1.807, 2.05) is 0 Å². The monoisotopic (exact) mass is 184 g/mol. The lowest BCUT2D eigenvalue weighted by Gasteiger charge is -2.03. The van der Waals surface area contributed by atoms with Gasteiger partial charge in [-0.05, 0) is 19.1 Å². The van der Waals surface area contributed by atoms with Crippen LogP contribution in [0.4, 0.5) is 15.0 Å². The Balaban J connectivity index is 2.58. The summed E-state index contributed by atoms with van der Waals surface area (Å²) < 4.78 is 17.1. The SMILES string of the molecule is CCOC(=O)Nc1cccc(F)n1. The number of anilines is 1. The molecule has 0 aliphatic rings. The first-order valence-corrected chi connectivity index (χ1v) is 3.78. The summed E-state index contributed by atoms with van der Waals surface area (Å²) in [4.78, 5) is 14.2. The smallest absolute Gasteiger partial charge is 0.412 e. The van der Waals surface area contributed by atoms with E-state index in [1.165, 1.54) is 18.2 Å². The van der Waals surface area contributed by atoms with Crippen LogP contribution in [0.1, 0.15) is 6.92 Å².